The lowest BCUT2D eigenvalue weighted by atomic mass is 10.0. The van der Waals surface area contributed by atoms with Crippen molar-refractivity contribution in [2.24, 2.45) is 5.92 Å². The van der Waals surface area contributed by atoms with Crippen molar-refractivity contribution in [2.45, 2.75) is 31.2 Å². The predicted octanol–water partition coefficient (Wildman–Crippen LogP) is 2.79. The topological polar surface area (TPSA) is 32.3 Å². The number of piperidine rings is 1. The Labute approximate surface area is 129 Å². The number of hydrogen-bond acceptors (Lipinski definition) is 2. The van der Waals surface area contributed by atoms with Crippen molar-refractivity contribution in [3.63, 3.8) is 0 Å². The van der Waals surface area contributed by atoms with Gasteiger partial charge in [0.1, 0.15) is 5.82 Å². The quantitative estimate of drug-likeness (QED) is 0.931. The molecule has 1 heterocycles. The Hall–Kier alpha value is -1.13. The van der Waals surface area contributed by atoms with E-state index in [1.54, 1.807) is 12.1 Å². The van der Waals surface area contributed by atoms with Gasteiger partial charge >= 0.3 is 0 Å². The van der Waals surface area contributed by atoms with Crippen LogP contribution in [0.2, 0.25) is 5.02 Å². The summed E-state index contributed by atoms with van der Waals surface area (Å²) >= 11 is 6.09. The standard InChI is InChI=1S/C16H20ClFN2O/c1-19-10-4-3-7-20(9-10)16(21)12-8-11(12)15-13(17)5-2-6-14(15)18/h2,5-6,10-12,19H,3-4,7-9H2,1H3. The first-order chi connectivity index (χ1) is 10.1. The number of nitrogens with one attached hydrogen (secondary N) is 1. The number of likely N-dealkylation sites (N-methyl/N-ethyl adjacent to an activating group) is 1. The normalized spacial score (nSPS) is 28.5. The molecule has 1 aliphatic carbocycles. The monoisotopic (exact) mass is 310 g/mol. The Balaban J connectivity index is 1.68. The maximum atomic E-state index is 13.9. The molecule has 1 saturated heterocycles. The maximum Gasteiger partial charge on any atom is 0.226 e. The lowest BCUT2D eigenvalue weighted by Gasteiger charge is -2.32. The number of halogens is 2. The molecule has 114 valence electrons. The highest BCUT2D eigenvalue weighted by molar-refractivity contribution is 6.31. The third-order valence-electron chi connectivity index (χ3n) is 4.62. The summed E-state index contributed by atoms with van der Waals surface area (Å²) in [6.45, 7) is 1.56. The van der Waals surface area contributed by atoms with Crippen LogP contribution in [0.3, 0.4) is 0 Å². The van der Waals surface area contributed by atoms with Gasteiger partial charge in [-0.3, -0.25) is 4.79 Å². The molecule has 0 aromatic heterocycles. The van der Waals surface area contributed by atoms with E-state index < -0.39 is 0 Å². The van der Waals surface area contributed by atoms with E-state index in [0.717, 1.165) is 25.9 Å². The second-order valence-corrected chi connectivity index (χ2v) is 6.40. The van der Waals surface area contributed by atoms with E-state index in [-0.39, 0.29) is 23.6 Å². The van der Waals surface area contributed by atoms with Crippen molar-refractivity contribution in [2.75, 3.05) is 20.1 Å². The summed E-state index contributed by atoms with van der Waals surface area (Å²) in [6, 6.07) is 5.08. The van der Waals surface area contributed by atoms with E-state index in [2.05, 4.69) is 5.32 Å². The molecule has 1 saturated carbocycles. The summed E-state index contributed by atoms with van der Waals surface area (Å²) in [5.41, 5.74) is 0.514. The molecular formula is C16H20ClFN2O. The molecule has 2 aliphatic rings. The molecule has 5 heteroatoms. The smallest absolute Gasteiger partial charge is 0.226 e. The summed E-state index contributed by atoms with van der Waals surface area (Å²) < 4.78 is 13.9. The van der Waals surface area contributed by atoms with E-state index in [0.29, 0.717) is 23.0 Å². The summed E-state index contributed by atoms with van der Waals surface area (Å²) in [6.07, 6.45) is 2.84. The third-order valence-corrected chi connectivity index (χ3v) is 4.95. The predicted molar refractivity (Wildman–Crippen MR) is 80.9 cm³/mol. The van der Waals surface area contributed by atoms with Crippen LogP contribution >= 0.6 is 11.6 Å². The highest BCUT2D eigenvalue weighted by Crippen LogP contribution is 2.51. The minimum Gasteiger partial charge on any atom is -0.341 e. The first-order valence-electron chi connectivity index (χ1n) is 7.51. The number of carbonyl (C=O) groups is 1. The molecule has 0 bridgehead atoms. The molecule has 2 fully saturated rings. The van der Waals surface area contributed by atoms with Gasteiger partial charge in [0, 0.05) is 41.6 Å². The van der Waals surface area contributed by atoms with Crippen molar-refractivity contribution < 1.29 is 9.18 Å². The minimum absolute atomic E-state index is 0.0545. The van der Waals surface area contributed by atoms with Crippen LogP contribution in [0, 0.1) is 11.7 Å². The van der Waals surface area contributed by atoms with Crippen LogP contribution in [-0.2, 0) is 4.79 Å². The van der Waals surface area contributed by atoms with Crippen LogP contribution in [0.1, 0.15) is 30.7 Å². The number of nitrogens with zero attached hydrogens (tertiary/aromatic N) is 1. The Morgan fingerprint density at radius 1 is 1.48 bits per heavy atom. The van der Waals surface area contributed by atoms with E-state index in [4.69, 9.17) is 11.6 Å². The number of rotatable bonds is 3. The van der Waals surface area contributed by atoms with Gasteiger partial charge in [-0.25, -0.2) is 4.39 Å². The fraction of sp³-hybridized carbons (Fsp3) is 0.562. The average Bonchev–Trinajstić information content (AvgIpc) is 3.26. The molecule has 1 aliphatic heterocycles. The summed E-state index contributed by atoms with van der Waals surface area (Å²) in [5, 5.41) is 3.67. The van der Waals surface area contributed by atoms with Crippen molar-refractivity contribution in [1.82, 2.24) is 10.2 Å². The molecular weight excluding hydrogens is 291 g/mol. The average molecular weight is 311 g/mol. The lowest BCUT2D eigenvalue weighted by molar-refractivity contribution is -0.134. The van der Waals surface area contributed by atoms with Gasteiger partial charge in [-0.2, -0.15) is 0 Å². The molecule has 3 nitrogen and oxygen atoms in total. The van der Waals surface area contributed by atoms with Crippen molar-refractivity contribution >= 4 is 17.5 Å². The molecule has 0 radical (unpaired) electrons. The number of amides is 1. The van der Waals surface area contributed by atoms with E-state index in [1.165, 1.54) is 6.07 Å². The van der Waals surface area contributed by atoms with Gasteiger partial charge in [0.05, 0.1) is 0 Å². The van der Waals surface area contributed by atoms with E-state index in [1.807, 2.05) is 11.9 Å². The van der Waals surface area contributed by atoms with Crippen LogP contribution in [0.15, 0.2) is 18.2 Å². The number of hydrogen-bond donors (Lipinski definition) is 1. The fourth-order valence-electron chi connectivity index (χ4n) is 3.30. The summed E-state index contributed by atoms with van der Waals surface area (Å²) in [7, 11) is 1.93. The second kappa shape index (κ2) is 5.93. The highest BCUT2D eigenvalue weighted by atomic mass is 35.5. The Bertz CT molecular complexity index is 531. The second-order valence-electron chi connectivity index (χ2n) is 6.00. The van der Waals surface area contributed by atoms with E-state index >= 15 is 0 Å². The van der Waals surface area contributed by atoms with Gasteiger partial charge in [0.15, 0.2) is 0 Å². The molecule has 1 aromatic rings. The molecule has 3 atom stereocenters. The zero-order valence-corrected chi connectivity index (χ0v) is 12.9. The minimum atomic E-state index is -0.297. The largest absolute Gasteiger partial charge is 0.341 e. The fourth-order valence-corrected chi connectivity index (χ4v) is 3.60. The summed E-state index contributed by atoms with van der Waals surface area (Å²) in [5.74, 6) is -0.301. The Morgan fingerprint density at radius 2 is 2.29 bits per heavy atom. The van der Waals surface area contributed by atoms with Crippen molar-refractivity contribution in [3.05, 3.63) is 34.6 Å². The van der Waals surface area contributed by atoms with Gasteiger partial charge in [-0.1, -0.05) is 17.7 Å². The third kappa shape index (κ3) is 2.92. The maximum absolute atomic E-state index is 13.9. The summed E-state index contributed by atoms with van der Waals surface area (Å²) in [4.78, 5) is 14.5. The first kappa shape index (κ1) is 14.8. The molecule has 1 N–H and O–H groups in total. The number of carbonyl (C=O) groups excluding carboxylic acids is 1. The highest BCUT2D eigenvalue weighted by Gasteiger charge is 2.48. The van der Waals surface area contributed by atoms with Crippen LogP contribution in [-0.4, -0.2) is 37.0 Å². The molecule has 3 unspecified atom stereocenters. The van der Waals surface area contributed by atoms with Gasteiger partial charge < -0.3 is 10.2 Å². The van der Waals surface area contributed by atoms with Crippen molar-refractivity contribution in [3.8, 4) is 0 Å². The van der Waals surface area contributed by atoms with E-state index in [9.17, 15) is 9.18 Å². The first-order valence-corrected chi connectivity index (χ1v) is 7.89. The van der Waals surface area contributed by atoms with Crippen molar-refractivity contribution in [1.29, 1.82) is 0 Å². The van der Waals surface area contributed by atoms with Gasteiger partial charge in [-0.05, 0) is 38.4 Å². The molecule has 3 rings (SSSR count). The number of likely N-dealkylation sites (tertiary alicyclic amines) is 1. The Morgan fingerprint density at radius 3 is 3.00 bits per heavy atom. The van der Waals surface area contributed by atoms with Gasteiger partial charge in [0.25, 0.3) is 0 Å². The van der Waals surface area contributed by atoms with Gasteiger partial charge in [0.2, 0.25) is 5.91 Å². The number of benzene rings is 1. The molecule has 21 heavy (non-hydrogen) atoms. The zero-order chi connectivity index (χ0) is 15.0. The molecule has 1 aromatic carbocycles. The lowest BCUT2D eigenvalue weighted by Crippen LogP contribution is -2.47. The van der Waals surface area contributed by atoms with Crippen LogP contribution < -0.4 is 5.32 Å². The van der Waals surface area contributed by atoms with Gasteiger partial charge in [-0.15, -0.1) is 0 Å². The molecule has 0 spiro atoms. The van der Waals surface area contributed by atoms with Crippen LogP contribution in [0.4, 0.5) is 4.39 Å². The molecule has 1 amide bonds. The SMILES string of the molecule is CNC1CCCN(C(=O)C2CC2c2c(F)cccc2Cl)C1. The van der Waals surface area contributed by atoms with Crippen LogP contribution in [0.25, 0.3) is 0 Å². The zero-order valence-electron chi connectivity index (χ0n) is 12.1. The van der Waals surface area contributed by atoms with Crippen LogP contribution in [0.5, 0.6) is 0 Å². The Kier molecular flexibility index (Phi) is 4.18.